The van der Waals surface area contributed by atoms with E-state index in [1.807, 2.05) is 0 Å². The van der Waals surface area contributed by atoms with Crippen molar-refractivity contribution >= 4 is 24.0 Å². The van der Waals surface area contributed by atoms with Crippen LogP contribution in [0.2, 0.25) is 0 Å². The number of nitrogens with one attached hydrogen (secondary N) is 2. The molecular formula is C14H20ClF3N2O2. The molecule has 4 nitrogen and oxygen atoms in total. The Kier molecular flexibility index (Phi) is 8.26. The van der Waals surface area contributed by atoms with Gasteiger partial charge in [-0.3, -0.25) is 4.79 Å². The van der Waals surface area contributed by atoms with Crippen molar-refractivity contribution in [2.45, 2.75) is 20.0 Å². The minimum atomic E-state index is -4.40. The van der Waals surface area contributed by atoms with Crippen molar-refractivity contribution in [3.63, 3.8) is 0 Å². The molecule has 0 aliphatic heterocycles. The number of carbonyl (C=O) groups excluding carboxylic acids is 1. The molecule has 1 atom stereocenters. The van der Waals surface area contributed by atoms with Gasteiger partial charge in [0, 0.05) is 23.7 Å². The van der Waals surface area contributed by atoms with Gasteiger partial charge in [-0.25, -0.2) is 0 Å². The number of rotatable bonds is 6. The molecule has 0 saturated heterocycles. The lowest BCUT2D eigenvalue weighted by Crippen LogP contribution is -2.28. The first-order valence-electron chi connectivity index (χ1n) is 6.49. The lowest BCUT2D eigenvalue weighted by Gasteiger charge is -2.16. The molecule has 0 saturated carbocycles. The van der Waals surface area contributed by atoms with Gasteiger partial charge in [-0.2, -0.15) is 13.2 Å². The summed E-state index contributed by atoms with van der Waals surface area (Å²) in [5.41, 5.74) is 0.911. The van der Waals surface area contributed by atoms with Gasteiger partial charge in [0.1, 0.15) is 5.75 Å². The highest BCUT2D eigenvalue weighted by molar-refractivity contribution is 5.93. The van der Waals surface area contributed by atoms with E-state index in [-0.39, 0.29) is 30.0 Å². The maximum Gasteiger partial charge on any atom is 0.422 e. The Hall–Kier alpha value is -1.47. The summed E-state index contributed by atoms with van der Waals surface area (Å²) in [7, 11) is 1.74. The third kappa shape index (κ3) is 6.53. The molecule has 22 heavy (non-hydrogen) atoms. The largest absolute Gasteiger partial charge is 0.484 e. The minimum absolute atomic E-state index is 0. The van der Waals surface area contributed by atoms with Gasteiger partial charge in [-0.05, 0) is 26.1 Å². The first kappa shape index (κ1) is 20.5. The molecule has 1 rings (SSSR count). The lowest BCUT2D eigenvalue weighted by atomic mass is 10.1. The van der Waals surface area contributed by atoms with E-state index in [1.54, 1.807) is 27.0 Å². The topological polar surface area (TPSA) is 50.4 Å². The monoisotopic (exact) mass is 340 g/mol. The Morgan fingerprint density at radius 2 is 2.00 bits per heavy atom. The Labute approximate surface area is 133 Å². The first-order chi connectivity index (χ1) is 9.74. The molecule has 0 aliphatic carbocycles. The van der Waals surface area contributed by atoms with E-state index in [2.05, 4.69) is 10.6 Å². The molecule has 0 aliphatic rings. The molecule has 1 aromatic rings. The third-order valence-corrected chi connectivity index (χ3v) is 2.89. The van der Waals surface area contributed by atoms with E-state index >= 15 is 0 Å². The Balaban J connectivity index is 0.00000441. The fourth-order valence-electron chi connectivity index (χ4n) is 1.72. The van der Waals surface area contributed by atoms with E-state index in [0.717, 1.165) is 0 Å². The van der Waals surface area contributed by atoms with Crippen molar-refractivity contribution in [3.8, 4) is 5.75 Å². The smallest absolute Gasteiger partial charge is 0.422 e. The summed E-state index contributed by atoms with van der Waals surface area (Å²) in [5.74, 6) is -0.360. The summed E-state index contributed by atoms with van der Waals surface area (Å²) < 4.78 is 41.3. The number of hydrogen-bond donors (Lipinski definition) is 2. The van der Waals surface area contributed by atoms with Crippen LogP contribution < -0.4 is 15.4 Å². The summed E-state index contributed by atoms with van der Waals surface area (Å²) in [5, 5.41) is 5.58. The summed E-state index contributed by atoms with van der Waals surface area (Å²) >= 11 is 0. The molecular weight excluding hydrogens is 321 g/mol. The predicted octanol–water partition coefficient (Wildman–Crippen LogP) is 3.15. The zero-order chi connectivity index (χ0) is 16.0. The van der Waals surface area contributed by atoms with Gasteiger partial charge >= 0.3 is 6.18 Å². The van der Waals surface area contributed by atoms with Crippen molar-refractivity contribution in [1.82, 2.24) is 5.32 Å². The molecule has 0 radical (unpaired) electrons. The Bertz CT molecular complexity index is 495. The van der Waals surface area contributed by atoms with Gasteiger partial charge in [-0.1, -0.05) is 13.0 Å². The second-order valence-electron chi connectivity index (χ2n) is 4.78. The summed E-state index contributed by atoms with van der Waals surface area (Å²) in [6.07, 6.45) is -4.40. The van der Waals surface area contributed by atoms with Gasteiger partial charge in [0.15, 0.2) is 6.61 Å². The summed E-state index contributed by atoms with van der Waals surface area (Å²) in [6, 6.07) is 4.60. The molecule has 0 bridgehead atoms. The highest BCUT2D eigenvalue weighted by Crippen LogP contribution is 2.27. The molecule has 8 heteroatoms. The second-order valence-corrected chi connectivity index (χ2v) is 4.78. The Morgan fingerprint density at radius 1 is 1.36 bits per heavy atom. The van der Waals surface area contributed by atoms with Gasteiger partial charge in [0.25, 0.3) is 0 Å². The maximum atomic E-state index is 12.2. The third-order valence-electron chi connectivity index (χ3n) is 2.89. The summed E-state index contributed by atoms with van der Waals surface area (Å²) in [4.78, 5) is 11.9. The summed E-state index contributed by atoms with van der Waals surface area (Å²) in [6.45, 7) is 2.51. The average Bonchev–Trinajstić information content (AvgIpc) is 2.39. The Morgan fingerprint density at radius 3 is 2.55 bits per heavy atom. The molecule has 0 spiro atoms. The molecule has 1 unspecified atom stereocenters. The standard InChI is InChI=1S/C14H19F3N2O2.ClH/c1-9(7-18-3)13(20)19-11-5-4-6-12(10(11)2)21-8-14(15,16)17;/h4-6,9,18H,7-8H2,1-3H3,(H,19,20);1H. The molecule has 2 N–H and O–H groups in total. The second kappa shape index (κ2) is 8.85. The first-order valence-corrected chi connectivity index (χ1v) is 6.49. The van der Waals surface area contributed by atoms with Crippen molar-refractivity contribution in [3.05, 3.63) is 23.8 Å². The number of carbonyl (C=O) groups is 1. The molecule has 0 heterocycles. The highest BCUT2D eigenvalue weighted by atomic mass is 35.5. The van der Waals surface area contributed by atoms with E-state index < -0.39 is 12.8 Å². The number of amides is 1. The zero-order valence-electron chi connectivity index (χ0n) is 12.6. The van der Waals surface area contributed by atoms with Crippen LogP contribution in [0, 0.1) is 12.8 Å². The number of hydrogen-bond acceptors (Lipinski definition) is 3. The van der Waals surface area contributed by atoms with Crippen LogP contribution in [-0.2, 0) is 4.79 Å². The van der Waals surface area contributed by atoms with Crippen LogP contribution in [-0.4, -0.2) is 32.3 Å². The molecule has 0 fully saturated rings. The van der Waals surface area contributed by atoms with Crippen molar-refractivity contribution in [2.75, 3.05) is 25.5 Å². The normalized spacial score (nSPS) is 12.3. The van der Waals surface area contributed by atoms with E-state index in [4.69, 9.17) is 4.74 Å². The minimum Gasteiger partial charge on any atom is -0.484 e. The van der Waals surface area contributed by atoms with Crippen molar-refractivity contribution < 1.29 is 22.7 Å². The molecule has 1 aromatic carbocycles. The number of benzene rings is 1. The van der Waals surface area contributed by atoms with Crippen molar-refractivity contribution in [1.29, 1.82) is 0 Å². The van der Waals surface area contributed by atoms with Crippen LogP contribution in [0.4, 0.5) is 18.9 Å². The van der Waals surface area contributed by atoms with Crippen LogP contribution in [0.25, 0.3) is 0 Å². The fraction of sp³-hybridized carbons (Fsp3) is 0.500. The number of anilines is 1. The van der Waals surface area contributed by atoms with Crippen LogP contribution >= 0.6 is 12.4 Å². The van der Waals surface area contributed by atoms with E-state index in [1.165, 1.54) is 12.1 Å². The van der Waals surface area contributed by atoms with Crippen LogP contribution in [0.15, 0.2) is 18.2 Å². The van der Waals surface area contributed by atoms with Crippen LogP contribution in [0.1, 0.15) is 12.5 Å². The number of halogens is 4. The van der Waals surface area contributed by atoms with Gasteiger partial charge < -0.3 is 15.4 Å². The fourth-order valence-corrected chi connectivity index (χ4v) is 1.72. The average molecular weight is 341 g/mol. The quantitative estimate of drug-likeness (QED) is 0.836. The lowest BCUT2D eigenvalue weighted by molar-refractivity contribution is -0.153. The molecule has 0 aromatic heterocycles. The zero-order valence-corrected chi connectivity index (χ0v) is 13.4. The van der Waals surface area contributed by atoms with E-state index in [0.29, 0.717) is 17.8 Å². The SMILES string of the molecule is CNCC(C)C(=O)Nc1cccc(OCC(F)(F)F)c1C.Cl. The predicted molar refractivity (Wildman–Crippen MR) is 81.7 cm³/mol. The number of alkyl halides is 3. The highest BCUT2D eigenvalue weighted by Gasteiger charge is 2.28. The van der Waals surface area contributed by atoms with Crippen molar-refractivity contribution in [2.24, 2.45) is 5.92 Å². The van der Waals surface area contributed by atoms with E-state index in [9.17, 15) is 18.0 Å². The van der Waals surface area contributed by atoms with Gasteiger partial charge in [0.05, 0.1) is 0 Å². The van der Waals surface area contributed by atoms with Crippen LogP contribution in [0.3, 0.4) is 0 Å². The van der Waals surface area contributed by atoms with Gasteiger partial charge in [0.2, 0.25) is 5.91 Å². The maximum absolute atomic E-state index is 12.2. The molecule has 1 amide bonds. The van der Waals surface area contributed by atoms with Crippen LogP contribution in [0.5, 0.6) is 5.75 Å². The van der Waals surface area contributed by atoms with Gasteiger partial charge in [-0.15, -0.1) is 12.4 Å². The number of ether oxygens (including phenoxy) is 1. The molecule has 126 valence electrons.